The summed E-state index contributed by atoms with van der Waals surface area (Å²) in [6.07, 6.45) is 5.38. The topological polar surface area (TPSA) is 55.2 Å². The van der Waals surface area contributed by atoms with Crippen LogP contribution < -0.4 is 5.56 Å². The van der Waals surface area contributed by atoms with Gasteiger partial charge in [0.15, 0.2) is 0 Å². The molecule has 0 radical (unpaired) electrons. The van der Waals surface area contributed by atoms with Crippen molar-refractivity contribution < 1.29 is 4.79 Å². The smallest absolute Gasteiger partial charge is 0.262 e. The number of fused-ring (bicyclic) bond motifs is 1. The molecule has 3 heterocycles. The molecule has 0 aliphatic carbocycles. The zero-order chi connectivity index (χ0) is 16.4. The molecule has 0 atom stereocenters. The summed E-state index contributed by atoms with van der Waals surface area (Å²) in [6.45, 7) is 5.59. The quantitative estimate of drug-likeness (QED) is 0.868. The fraction of sp³-hybridized carbons (Fsp3) is 0.588. The van der Waals surface area contributed by atoms with Crippen LogP contribution in [-0.2, 0) is 17.8 Å². The van der Waals surface area contributed by atoms with E-state index in [-0.39, 0.29) is 18.0 Å². The summed E-state index contributed by atoms with van der Waals surface area (Å²) >= 11 is 1.56. The number of hydrogen-bond acceptors (Lipinski definition) is 4. The number of carbonyl (C=O) groups excluding carboxylic acids is 1. The highest BCUT2D eigenvalue weighted by molar-refractivity contribution is 7.18. The summed E-state index contributed by atoms with van der Waals surface area (Å²) in [5, 5.41) is 0.640. The van der Waals surface area contributed by atoms with Crippen LogP contribution in [-0.4, -0.2) is 33.4 Å². The molecule has 3 rings (SSSR count). The normalized spacial score (nSPS) is 15.8. The lowest BCUT2D eigenvalue weighted by molar-refractivity contribution is -0.131. The van der Waals surface area contributed by atoms with Crippen molar-refractivity contribution in [2.45, 2.75) is 52.5 Å². The minimum absolute atomic E-state index is 0.0317. The van der Waals surface area contributed by atoms with E-state index >= 15 is 0 Å². The Hall–Kier alpha value is -1.69. The van der Waals surface area contributed by atoms with E-state index in [4.69, 9.17) is 0 Å². The van der Waals surface area contributed by atoms with Gasteiger partial charge in [-0.15, -0.1) is 11.3 Å². The first-order chi connectivity index (χ1) is 11.1. The molecule has 1 saturated heterocycles. The summed E-state index contributed by atoms with van der Waals surface area (Å²) < 4.78 is 1.53. The molecule has 0 spiro atoms. The van der Waals surface area contributed by atoms with Crippen molar-refractivity contribution in [1.29, 1.82) is 0 Å². The maximum absolute atomic E-state index is 12.7. The van der Waals surface area contributed by atoms with Gasteiger partial charge in [0.05, 0.1) is 5.39 Å². The first kappa shape index (κ1) is 16.2. The molecule has 5 nitrogen and oxygen atoms in total. The van der Waals surface area contributed by atoms with Gasteiger partial charge in [-0.25, -0.2) is 4.98 Å². The zero-order valence-electron chi connectivity index (χ0n) is 13.8. The van der Waals surface area contributed by atoms with Crippen molar-refractivity contribution in [1.82, 2.24) is 14.5 Å². The van der Waals surface area contributed by atoms with Crippen molar-refractivity contribution in [2.24, 2.45) is 0 Å². The monoisotopic (exact) mass is 333 g/mol. The van der Waals surface area contributed by atoms with Crippen molar-refractivity contribution in [3.63, 3.8) is 0 Å². The summed E-state index contributed by atoms with van der Waals surface area (Å²) in [7, 11) is 0. The van der Waals surface area contributed by atoms with Gasteiger partial charge in [0.2, 0.25) is 5.91 Å². The fourth-order valence-electron chi connectivity index (χ4n) is 3.08. The van der Waals surface area contributed by atoms with E-state index in [0.29, 0.717) is 11.2 Å². The van der Waals surface area contributed by atoms with Crippen LogP contribution in [0.25, 0.3) is 10.2 Å². The number of aryl methyl sites for hydroxylation is 2. The van der Waals surface area contributed by atoms with Crippen LogP contribution in [0.5, 0.6) is 0 Å². The van der Waals surface area contributed by atoms with Gasteiger partial charge in [0, 0.05) is 18.0 Å². The molecule has 0 saturated carbocycles. The van der Waals surface area contributed by atoms with Crippen LogP contribution in [0, 0.1) is 6.92 Å². The van der Waals surface area contributed by atoms with Crippen LogP contribution in [0.4, 0.5) is 0 Å². The average molecular weight is 333 g/mol. The van der Waals surface area contributed by atoms with Gasteiger partial charge in [-0.05, 0) is 32.3 Å². The lowest BCUT2D eigenvalue weighted by atomic mass is 10.2. The Morgan fingerprint density at radius 3 is 2.61 bits per heavy atom. The second-order valence-electron chi connectivity index (χ2n) is 6.13. The van der Waals surface area contributed by atoms with E-state index in [1.807, 2.05) is 17.9 Å². The van der Waals surface area contributed by atoms with Crippen LogP contribution >= 0.6 is 11.3 Å². The van der Waals surface area contributed by atoms with E-state index in [1.165, 1.54) is 17.4 Å². The average Bonchev–Trinajstić information content (AvgIpc) is 2.77. The Kier molecular flexibility index (Phi) is 4.80. The van der Waals surface area contributed by atoms with E-state index in [9.17, 15) is 9.59 Å². The first-order valence-corrected chi connectivity index (χ1v) is 9.19. The lowest BCUT2D eigenvalue weighted by Crippen LogP contribution is -2.38. The fourth-order valence-corrected chi connectivity index (χ4v) is 4.09. The maximum atomic E-state index is 12.7. The Bertz CT molecular complexity index is 770. The van der Waals surface area contributed by atoms with Gasteiger partial charge in [0.1, 0.15) is 17.2 Å². The third-order valence-electron chi connectivity index (χ3n) is 4.49. The zero-order valence-corrected chi connectivity index (χ0v) is 14.6. The number of amides is 1. The molecule has 2 aromatic heterocycles. The Balaban J connectivity index is 1.89. The van der Waals surface area contributed by atoms with E-state index < -0.39 is 0 Å². The molecule has 0 aromatic carbocycles. The van der Waals surface area contributed by atoms with Crippen LogP contribution in [0.3, 0.4) is 0 Å². The maximum Gasteiger partial charge on any atom is 0.262 e. The summed E-state index contributed by atoms with van der Waals surface area (Å²) in [6, 6.07) is 1.92. The molecule has 124 valence electrons. The first-order valence-electron chi connectivity index (χ1n) is 8.37. The Labute approximate surface area is 139 Å². The SMILES string of the molecule is CCc1cc2c(=O)n(CC(=O)N3CCCCCC3)c(C)nc2s1. The molecule has 1 aliphatic heterocycles. The van der Waals surface area contributed by atoms with Gasteiger partial charge in [-0.1, -0.05) is 19.8 Å². The van der Waals surface area contributed by atoms with Crippen molar-refractivity contribution in [3.05, 3.63) is 27.1 Å². The lowest BCUT2D eigenvalue weighted by Gasteiger charge is -2.21. The van der Waals surface area contributed by atoms with E-state index in [2.05, 4.69) is 11.9 Å². The summed E-state index contributed by atoms with van der Waals surface area (Å²) in [4.78, 5) is 33.7. The number of aromatic nitrogens is 2. The number of carbonyl (C=O) groups is 1. The van der Waals surface area contributed by atoms with Crippen LogP contribution in [0.2, 0.25) is 0 Å². The van der Waals surface area contributed by atoms with Crippen LogP contribution in [0.15, 0.2) is 10.9 Å². The second kappa shape index (κ2) is 6.83. The highest BCUT2D eigenvalue weighted by Gasteiger charge is 2.19. The van der Waals surface area contributed by atoms with Gasteiger partial charge < -0.3 is 4.90 Å². The highest BCUT2D eigenvalue weighted by atomic mass is 32.1. The summed E-state index contributed by atoms with van der Waals surface area (Å²) in [5.41, 5.74) is -0.0911. The van der Waals surface area contributed by atoms with Gasteiger partial charge in [0.25, 0.3) is 5.56 Å². The molecule has 1 aliphatic rings. The second-order valence-corrected chi connectivity index (χ2v) is 7.25. The minimum atomic E-state index is -0.0911. The molecule has 2 aromatic rings. The van der Waals surface area contributed by atoms with E-state index in [0.717, 1.165) is 42.1 Å². The minimum Gasteiger partial charge on any atom is -0.341 e. The molecule has 6 heteroatoms. The Morgan fingerprint density at radius 2 is 1.96 bits per heavy atom. The molecule has 0 unspecified atom stereocenters. The van der Waals surface area contributed by atoms with Crippen molar-refractivity contribution in [2.75, 3.05) is 13.1 Å². The Morgan fingerprint density at radius 1 is 1.26 bits per heavy atom. The summed E-state index contributed by atoms with van der Waals surface area (Å²) in [5.74, 6) is 0.652. The molecular formula is C17H23N3O2S. The predicted molar refractivity (Wildman–Crippen MR) is 93.0 cm³/mol. The number of hydrogen-bond donors (Lipinski definition) is 0. The van der Waals surface area contributed by atoms with Crippen molar-refractivity contribution >= 4 is 27.5 Å². The molecule has 23 heavy (non-hydrogen) atoms. The standard InChI is InChI=1S/C17H23N3O2S/c1-3-13-10-14-16(23-13)18-12(2)20(17(14)22)11-15(21)19-8-6-4-5-7-9-19/h10H,3-9,11H2,1-2H3. The highest BCUT2D eigenvalue weighted by Crippen LogP contribution is 2.22. The molecule has 1 fully saturated rings. The van der Waals surface area contributed by atoms with Gasteiger partial charge >= 0.3 is 0 Å². The molecule has 0 N–H and O–H groups in total. The number of rotatable bonds is 3. The number of likely N-dealkylation sites (tertiary alicyclic amines) is 1. The molecule has 0 bridgehead atoms. The number of nitrogens with zero attached hydrogens (tertiary/aromatic N) is 3. The molecular weight excluding hydrogens is 310 g/mol. The van der Waals surface area contributed by atoms with Gasteiger partial charge in [-0.3, -0.25) is 14.2 Å². The third-order valence-corrected chi connectivity index (χ3v) is 5.67. The van der Waals surface area contributed by atoms with Crippen molar-refractivity contribution in [3.8, 4) is 0 Å². The van der Waals surface area contributed by atoms with Gasteiger partial charge in [-0.2, -0.15) is 0 Å². The van der Waals surface area contributed by atoms with E-state index in [1.54, 1.807) is 11.3 Å². The molecule has 1 amide bonds. The third kappa shape index (κ3) is 3.32. The van der Waals surface area contributed by atoms with Crippen LogP contribution in [0.1, 0.15) is 43.3 Å². The largest absolute Gasteiger partial charge is 0.341 e. The number of thiophene rings is 1. The predicted octanol–water partition coefficient (Wildman–Crippen LogP) is 2.73.